The minimum Gasteiger partial charge on any atom is -0.492 e. The number of hydrogen-bond acceptors (Lipinski definition) is 7. The molecule has 1 saturated heterocycles. The van der Waals surface area contributed by atoms with E-state index in [1.54, 1.807) is 4.31 Å². The van der Waals surface area contributed by atoms with Gasteiger partial charge in [0.15, 0.2) is 0 Å². The van der Waals surface area contributed by atoms with Gasteiger partial charge in [-0.2, -0.15) is 4.31 Å². The summed E-state index contributed by atoms with van der Waals surface area (Å²) in [6, 6.07) is 13.4. The van der Waals surface area contributed by atoms with E-state index >= 15 is 0 Å². The van der Waals surface area contributed by atoms with Gasteiger partial charge in [-0.25, -0.2) is 13.4 Å². The van der Waals surface area contributed by atoms with Crippen LogP contribution in [0.25, 0.3) is 10.2 Å². The SMILES string of the molecule is CC(C)[C@H]1C[C@@H](NCCOc2ccc(Oc3nc4cccc(Cl)c4s3)cc2)CCN1S(C)(=O)=O. The molecule has 2 aromatic carbocycles. The van der Waals surface area contributed by atoms with Gasteiger partial charge in [0.2, 0.25) is 10.0 Å². The fraction of sp³-hybridized carbons (Fsp3) is 0.458. The number of ether oxygens (including phenoxy) is 2. The van der Waals surface area contributed by atoms with Crippen molar-refractivity contribution >= 4 is 43.2 Å². The third kappa shape index (κ3) is 6.20. The molecule has 3 aromatic rings. The molecule has 184 valence electrons. The second-order valence-electron chi connectivity index (χ2n) is 8.85. The highest BCUT2D eigenvalue weighted by atomic mass is 35.5. The maximum atomic E-state index is 12.1. The molecule has 34 heavy (non-hydrogen) atoms. The van der Waals surface area contributed by atoms with Gasteiger partial charge in [0, 0.05) is 25.2 Å². The molecule has 1 N–H and O–H groups in total. The maximum absolute atomic E-state index is 12.1. The summed E-state index contributed by atoms with van der Waals surface area (Å²) in [4.78, 5) is 4.47. The normalized spacial score (nSPS) is 19.6. The molecule has 1 aromatic heterocycles. The van der Waals surface area contributed by atoms with Gasteiger partial charge in [-0.3, -0.25) is 0 Å². The number of benzene rings is 2. The smallest absolute Gasteiger partial charge is 0.279 e. The number of halogens is 1. The topological polar surface area (TPSA) is 80.8 Å². The van der Waals surface area contributed by atoms with Crippen LogP contribution in [-0.4, -0.2) is 55.7 Å². The molecular formula is C24H30ClN3O4S2. The van der Waals surface area contributed by atoms with Crippen LogP contribution < -0.4 is 14.8 Å². The van der Waals surface area contributed by atoms with Crippen molar-refractivity contribution in [3.05, 3.63) is 47.5 Å². The van der Waals surface area contributed by atoms with Crippen molar-refractivity contribution in [1.29, 1.82) is 0 Å². The van der Waals surface area contributed by atoms with Crippen LogP contribution in [0.3, 0.4) is 0 Å². The highest BCUT2D eigenvalue weighted by Gasteiger charge is 2.35. The number of piperidine rings is 1. The van der Waals surface area contributed by atoms with Gasteiger partial charge in [-0.15, -0.1) is 0 Å². The predicted octanol–water partition coefficient (Wildman–Crippen LogP) is 5.16. The van der Waals surface area contributed by atoms with Gasteiger partial charge in [-0.05, 0) is 55.2 Å². The van der Waals surface area contributed by atoms with Crippen LogP contribution in [0.2, 0.25) is 5.02 Å². The Labute approximate surface area is 210 Å². The van der Waals surface area contributed by atoms with Crippen molar-refractivity contribution in [2.75, 3.05) is 26.0 Å². The molecule has 4 rings (SSSR count). The number of fused-ring (bicyclic) bond motifs is 1. The lowest BCUT2D eigenvalue weighted by atomic mass is 9.91. The number of nitrogens with zero attached hydrogens (tertiary/aromatic N) is 2. The molecule has 0 radical (unpaired) electrons. The first kappa shape index (κ1) is 25.2. The molecule has 0 spiro atoms. The fourth-order valence-corrected chi connectivity index (χ4v) is 6.64. The number of rotatable bonds is 9. The summed E-state index contributed by atoms with van der Waals surface area (Å²) in [6.07, 6.45) is 2.92. The zero-order valence-electron chi connectivity index (χ0n) is 19.5. The van der Waals surface area contributed by atoms with Crippen LogP contribution >= 0.6 is 22.9 Å². The number of sulfonamides is 1. The van der Waals surface area contributed by atoms with E-state index in [1.165, 1.54) is 17.6 Å². The zero-order chi connectivity index (χ0) is 24.3. The predicted molar refractivity (Wildman–Crippen MR) is 138 cm³/mol. The Hall–Kier alpha value is -1.91. The van der Waals surface area contributed by atoms with E-state index in [-0.39, 0.29) is 18.0 Å². The van der Waals surface area contributed by atoms with Gasteiger partial charge in [-0.1, -0.05) is 42.9 Å². The average Bonchev–Trinajstić information content (AvgIpc) is 3.21. The van der Waals surface area contributed by atoms with Gasteiger partial charge in [0.1, 0.15) is 18.1 Å². The molecule has 10 heteroatoms. The van der Waals surface area contributed by atoms with E-state index in [0.29, 0.717) is 35.7 Å². The maximum Gasteiger partial charge on any atom is 0.279 e. The third-order valence-electron chi connectivity index (χ3n) is 5.97. The Morgan fingerprint density at radius 2 is 1.94 bits per heavy atom. The highest BCUT2D eigenvalue weighted by molar-refractivity contribution is 7.88. The lowest BCUT2D eigenvalue weighted by Gasteiger charge is -2.40. The van der Waals surface area contributed by atoms with E-state index < -0.39 is 10.0 Å². The number of nitrogens with one attached hydrogen (secondary N) is 1. The summed E-state index contributed by atoms with van der Waals surface area (Å²) in [5.41, 5.74) is 0.821. The molecule has 2 atom stereocenters. The average molecular weight is 524 g/mol. The number of aromatic nitrogens is 1. The third-order valence-corrected chi connectivity index (χ3v) is 8.68. The van der Waals surface area contributed by atoms with Crippen molar-refractivity contribution in [2.24, 2.45) is 5.92 Å². The van der Waals surface area contributed by atoms with E-state index in [9.17, 15) is 8.42 Å². The first-order valence-electron chi connectivity index (χ1n) is 11.4. The summed E-state index contributed by atoms with van der Waals surface area (Å²) < 4.78 is 38.4. The Morgan fingerprint density at radius 1 is 1.21 bits per heavy atom. The highest BCUT2D eigenvalue weighted by Crippen LogP contribution is 2.35. The summed E-state index contributed by atoms with van der Waals surface area (Å²) >= 11 is 7.63. The van der Waals surface area contributed by atoms with Crippen LogP contribution in [0.1, 0.15) is 26.7 Å². The molecule has 1 fully saturated rings. The molecule has 0 bridgehead atoms. The van der Waals surface area contributed by atoms with Crippen molar-refractivity contribution < 1.29 is 17.9 Å². The van der Waals surface area contributed by atoms with Gasteiger partial charge in [0.25, 0.3) is 5.19 Å². The molecule has 2 heterocycles. The Balaban J connectivity index is 1.23. The molecule has 0 saturated carbocycles. The van der Waals surface area contributed by atoms with E-state index in [4.69, 9.17) is 21.1 Å². The summed E-state index contributed by atoms with van der Waals surface area (Å²) in [7, 11) is -3.18. The molecule has 1 aliphatic heterocycles. The summed E-state index contributed by atoms with van der Waals surface area (Å²) in [5, 5.41) is 4.73. The van der Waals surface area contributed by atoms with Crippen LogP contribution in [-0.2, 0) is 10.0 Å². The Kier molecular flexibility index (Phi) is 7.99. The van der Waals surface area contributed by atoms with Gasteiger partial charge in [0.05, 0.1) is 21.5 Å². The second-order valence-corrected chi connectivity index (χ2v) is 12.2. The minimum atomic E-state index is -3.18. The minimum absolute atomic E-state index is 0.0289. The first-order valence-corrected chi connectivity index (χ1v) is 14.4. The zero-order valence-corrected chi connectivity index (χ0v) is 21.9. The Bertz CT molecular complexity index is 1210. The largest absolute Gasteiger partial charge is 0.492 e. The Morgan fingerprint density at radius 3 is 2.62 bits per heavy atom. The molecule has 7 nitrogen and oxygen atoms in total. The monoisotopic (exact) mass is 523 g/mol. The fourth-order valence-electron chi connectivity index (χ4n) is 4.25. The van der Waals surface area contributed by atoms with Crippen LogP contribution in [0.15, 0.2) is 42.5 Å². The van der Waals surface area contributed by atoms with Crippen LogP contribution in [0, 0.1) is 5.92 Å². The first-order chi connectivity index (χ1) is 16.2. The van der Waals surface area contributed by atoms with Gasteiger partial charge >= 0.3 is 0 Å². The van der Waals surface area contributed by atoms with Crippen LogP contribution in [0.5, 0.6) is 16.7 Å². The summed E-state index contributed by atoms with van der Waals surface area (Å²) in [5.74, 6) is 1.71. The number of hydrogen-bond donors (Lipinski definition) is 1. The van der Waals surface area contributed by atoms with Crippen molar-refractivity contribution in [2.45, 2.75) is 38.8 Å². The van der Waals surface area contributed by atoms with Gasteiger partial charge < -0.3 is 14.8 Å². The van der Waals surface area contributed by atoms with Crippen molar-refractivity contribution in [3.63, 3.8) is 0 Å². The quantitative estimate of drug-likeness (QED) is 0.390. The van der Waals surface area contributed by atoms with E-state index in [2.05, 4.69) is 24.1 Å². The molecule has 0 amide bonds. The molecular weight excluding hydrogens is 494 g/mol. The summed E-state index contributed by atoms with van der Waals surface area (Å²) in [6.45, 7) is 5.93. The molecule has 1 aliphatic rings. The number of thiazole rings is 1. The van der Waals surface area contributed by atoms with E-state index in [1.807, 2.05) is 42.5 Å². The lowest BCUT2D eigenvalue weighted by Crippen LogP contribution is -2.52. The van der Waals surface area contributed by atoms with E-state index in [0.717, 1.165) is 28.8 Å². The van der Waals surface area contributed by atoms with Crippen LogP contribution in [0.4, 0.5) is 0 Å². The lowest BCUT2D eigenvalue weighted by molar-refractivity contribution is 0.169. The van der Waals surface area contributed by atoms with Crippen molar-refractivity contribution in [3.8, 4) is 16.7 Å². The molecule has 0 aliphatic carbocycles. The standard InChI is InChI=1S/C24H30ClN3O4S2/c1-16(2)22-15-17(11-13-28(22)34(3,29)30)26-12-14-31-18-7-9-19(10-8-18)32-24-27-21-6-4-5-20(25)23(21)33-24/h4-10,16-17,22,26H,11-15H2,1-3H3/t17-,22+/m0/s1. The second kappa shape index (κ2) is 10.8. The van der Waals surface area contributed by atoms with Crippen molar-refractivity contribution in [1.82, 2.24) is 14.6 Å². The molecule has 0 unspecified atom stereocenters.